The second kappa shape index (κ2) is 4.87. The minimum absolute atomic E-state index is 0.209. The van der Waals surface area contributed by atoms with E-state index in [4.69, 9.17) is 5.11 Å². The third kappa shape index (κ3) is 2.32. The Bertz CT molecular complexity index is 558. The lowest BCUT2D eigenvalue weighted by atomic mass is 10.2. The third-order valence-electron chi connectivity index (χ3n) is 2.61. The topological polar surface area (TPSA) is 83.7 Å². The second-order valence-electron chi connectivity index (χ2n) is 3.86. The highest BCUT2D eigenvalue weighted by molar-refractivity contribution is 5.95. The van der Waals surface area contributed by atoms with E-state index >= 15 is 0 Å². The lowest BCUT2D eigenvalue weighted by molar-refractivity contribution is -0.139. The van der Waals surface area contributed by atoms with Crippen molar-refractivity contribution in [3.63, 3.8) is 0 Å². The number of carbonyl (C=O) groups is 2. The average Bonchev–Trinajstić information content (AvgIpc) is 2.79. The van der Waals surface area contributed by atoms with Crippen molar-refractivity contribution >= 4 is 17.5 Å². The predicted octanol–water partition coefficient (Wildman–Crippen LogP) is 0.927. The number of fused-ring (bicyclic) bond motifs is 1. The molecule has 0 aliphatic heterocycles. The van der Waals surface area contributed by atoms with Crippen LogP contribution < -0.4 is 5.32 Å². The maximum atomic E-state index is 11.8. The zero-order chi connectivity index (χ0) is 13.1. The van der Waals surface area contributed by atoms with E-state index in [1.54, 1.807) is 29.8 Å². The van der Waals surface area contributed by atoms with Crippen LogP contribution in [-0.4, -0.2) is 32.4 Å². The van der Waals surface area contributed by atoms with Crippen LogP contribution in [0.25, 0.3) is 5.65 Å². The lowest BCUT2D eigenvalue weighted by Gasteiger charge is -2.10. The number of hydrogen-bond acceptors (Lipinski definition) is 3. The highest BCUT2D eigenvalue weighted by Crippen LogP contribution is 2.05. The predicted molar refractivity (Wildman–Crippen MR) is 64.4 cm³/mol. The van der Waals surface area contributed by atoms with Gasteiger partial charge in [0.2, 0.25) is 0 Å². The van der Waals surface area contributed by atoms with Crippen LogP contribution in [0, 0.1) is 0 Å². The maximum Gasteiger partial charge on any atom is 0.326 e. The van der Waals surface area contributed by atoms with E-state index in [0.717, 1.165) is 0 Å². The van der Waals surface area contributed by atoms with Gasteiger partial charge in [-0.05, 0) is 18.6 Å². The van der Waals surface area contributed by atoms with E-state index in [9.17, 15) is 9.59 Å². The molecule has 0 fully saturated rings. The Labute approximate surface area is 103 Å². The molecule has 0 bridgehead atoms. The van der Waals surface area contributed by atoms with E-state index < -0.39 is 17.9 Å². The van der Waals surface area contributed by atoms with Gasteiger partial charge < -0.3 is 14.8 Å². The van der Waals surface area contributed by atoms with Gasteiger partial charge in [0.05, 0.1) is 0 Å². The van der Waals surface area contributed by atoms with E-state index in [2.05, 4.69) is 10.3 Å². The Kier molecular flexibility index (Phi) is 3.27. The van der Waals surface area contributed by atoms with E-state index in [1.807, 2.05) is 12.1 Å². The van der Waals surface area contributed by atoms with E-state index in [0.29, 0.717) is 12.1 Å². The molecule has 1 atom stereocenters. The molecule has 1 amide bonds. The summed E-state index contributed by atoms with van der Waals surface area (Å²) in [6.45, 7) is 1.70. The van der Waals surface area contributed by atoms with Crippen molar-refractivity contribution < 1.29 is 14.7 Å². The largest absolute Gasteiger partial charge is 0.480 e. The summed E-state index contributed by atoms with van der Waals surface area (Å²) in [5.74, 6) is -1.53. The van der Waals surface area contributed by atoms with Gasteiger partial charge in [0, 0.05) is 12.4 Å². The van der Waals surface area contributed by atoms with Crippen LogP contribution >= 0.6 is 0 Å². The fraction of sp³-hybridized carbons (Fsp3) is 0.250. The third-order valence-corrected chi connectivity index (χ3v) is 2.61. The smallest absolute Gasteiger partial charge is 0.326 e. The lowest BCUT2D eigenvalue weighted by Crippen LogP contribution is -2.40. The fourth-order valence-corrected chi connectivity index (χ4v) is 1.61. The first kappa shape index (κ1) is 12.1. The van der Waals surface area contributed by atoms with Crippen LogP contribution in [0.3, 0.4) is 0 Å². The Morgan fingerprint density at radius 2 is 2.28 bits per heavy atom. The number of amides is 1. The SMILES string of the molecule is CCC(NC(=O)c1cn2ccccc2n1)C(=O)O. The summed E-state index contributed by atoms with van der Waals surface area (Å²) in [6, 6.07) is 4.52. The van der Waals surface area contributed by atoms with Crippen molar-refractivity contribution in [3.05, 3.63) is 36.3 Å². The minimum Gasteiger partial charge on any atom is -0.480 e. The molecule has 0 spiro atoms. The van der Waals surface area contributed by atoms with Crippen LogP contribution in [-0.2, 0) is 4.79 Å². The molecule has 1 unspecified atom stereocenters. The molecule has 0 aliphatic carbocycles. The first-order chi connectivity index (χ1) is 8.61. The summed E-state index contributed by atoms with van der Waals surface area (Å²) in [5.41, 5.74) is 0.854. The molecule has 0 saturated heterocycles. The van der Waals surface area contributed by atoms with Crippen LogP contribution in [0.4, 0.5) is 0 Å². The van der Waals surface area contributed by atoms with Crippen molar-refractivity contribution in [2.75, 3.05) is 0 Å². The number of hydrogen-bond donors (Lipinski definition) is 2. The molecule has 0 aromatic carbocycles. The van der Waals surface area contributed by atoms with E-state index in [-0.39, 0.29) is 5.69 Å². The number of aliphatic carboxylic acids is 1. The van der Waals surface area contributed by atoms with Gasteiger partial charge >= 0.3 is 5.97 Å². The average molecular weight is 247 g/mol. The summed E-state index contributed by atoms with van der Waals surface area (Å²) in [7, 11) is 0. The minimum atomic E-state index is -1.05. The molecule has 18 heavy (non-hydrogen) atoms. The standard InChI is InChI=1S/C12H13N3O3/c1-2-8(12(17)18)14-11(16)9-7-15-6-4-3-5-10(15)13-9/h3-8H,2H2,1H3,(H,14,16)(H,17,18). The summed E-state index contributed by atoms with van der Waals surface area (Å²) < 4.78 is 1.70. The van der Waals surface area contributed by atoms with Gasteiger partial charge in [-0.1, -0.05) is 13.0 Å². The number of pyridine rings is 1. The zero-order valence-corrected chi connectivity index (χ0v) is 9.83. The van der Waals surface area contributed by atoms with Gasteiger partial charge in [-0.2, -0.15) is 0 Å². The number of carbonyl (C=O) groups excluding carboxylic acids is 1. The normalized spacial score (nSPS) is 12.3. The van der Waals surface area contributed by atoms with Crippen molar-refractivity contribution in [1.82, 2.24) is 14.7 Å². The van der Waals surface area contributed by atoms with Crippen LogP contribution in [0.2, 0.25) is 0 Å². The van der Waals surface area contributed by atoms with Crippen LogP contribution in [0.5, 0.6) is 0 Å². The second-order valence-corrected chi connectivity index (χ2v) is 3.86. The molecule has 2 rings (SSSR count). The number of rotatable bonds is 4. The van der Waals surface area contributed by atoms with Crippen LogP contribution in [0.15, 0.2) is 30.6 Å². The van der Waals surface area contributed by atoms with Crippen molar-refractivity contribution in [2.24, 2.45) is 0 Å². The first-order valence-corrected chi connectivity index (χ1v) is 5.59. The summed E-state index contributed by atoms with van der Waals surface area (Å²) in [5, 5.41) is 11.3. The molecule has 0 saturated carbocycles. The highest BCUT2D eigenvalue weighted by atomic mass is 16.4. The molecule has 2 aromatic rings. The first-order valence-electron chi connectivity index (χ1n) is 5.59. The Morgan fingerprint density at radius 3 is 2.89 bits per heavy atom. The number of nitrogens with one attached hydrogen (secondary N) is 1. The molecular formula is C12H13N3O3. The molecule has 6 nitrogen and oxygen atoms in total. The van der Waals surface area contributed by atoms with Gasteiger partial charge in [-0.25, -0.2) is 9.78 Å². The van der Waals surface area contributed by atoms with Gasteiger partial charge in [0.25, 0.3) is 5.91 Å². The van der Waals surface area contributed by atoms with Crippen LogP contribution in [0.1, 0.15) is 23.8 Å². The quantitative estimate of drug-likeness (QED) is 0.841. The summed E-state index contributed by atoms with van der Waals surface area (Å²) in [6.07, 6.45) is 3.67. The molecule has 6 heteroatoms. The highest BCUT2D eigenvalue weighted by Gasteiger charge is 2.19. The molecular weight excluding hydrogens is 234 g/mol. The number of aromatic nitrogens is 2. The van der Waals surface area contributed by atoms with Gasteiger partial charge in [0.15, 0.2) is 0 Å². The molecule has 2 heterocycles. The van der Waals surface area contributed by atoms with Crippen molar-refractivity contribution in [3.8, 4) is 0 Å². The number of nitrogens with zero attached hydrogens (tertiary/aromatic N) is 2. The Morgan fingerprint density at radius 1 is 1.50 bits per heavy atom. The molecule has 94 valence electrons. The summed E-state index contributed by atoms with van der Waals surface area (Å²) in [4.78, 5) is 26.8. The van der Waals surface area contributed by atoms with Gasteiger partial charge in [-0.15, -0.1) is 0 Å². The zero-order valence-electron chi connectivity index (χ0n) is 9.83. The van der Waals surface area contributed by atoms with Crippen molar-refractivity contribution in [2.45, 2.75) is 19.4 Å². The molecule has 2 N–H and O–H groups in total. The van der Waals surface area contributed by atoms with Crippen molar-refractivity contribution in [1.29, 1.82) is 0 Å². The monoisotopic (exact) mass is 247 g/mol. The summed E-state index contributed by atoms with van der Waals surface area (Å²) >= 11 is 0. The van der Waals surface area contributed by atoms with E-state index in [1.165, 1.54) is 0 Å². The Balaban J connectivity index is 2.20. The number of carboxylic acid groups (broad SMARTS) is 1. The molecule has 2 aromatic heterocycles. The van der Waals surface area contributed by atoms with Gasteiger partial charge in [-0.3, -0.25) is 4.79 Å². The molecule has 0 aliphatic rings. The number of carboxylic acids is 1. The maximum absolute atomic E-state index is 11.8. The fourth-order valence-electron chi connectivity index (χ4n) is 1.61. The number of imidazole rings is 1. The van der Waals surface area contributed by atoms with Gasteiger partial charge in [0.1, 0.15) is 17.4 Å². The molecule has 0 radical (unpaired) electrons. The Hall–Kier alpha value is -2.37.